The molecule has 3 aliphatic rings. The van der Waals surface area contributed by atoms with Crippen molar-refractivity contribution >= 4 is 43.3 Å². The third-order valence-corrected chi connectivity index (χ3v) is 8.31. The molecule has 2 amide bonds. The van der Waals surface area contributed by atoms with Crippen LogP contribution < -0.4 is 10.4 Å². The summed E-state index contributed by atoms with van der Waals surface area (Å²) in [4.78, 5) is 28.7. The molecular formula is C29H35B2NO8. The highest BCUT2D eigenvalue weighted by Crippen LogP contribution is 2.52. The molecule has 0 unspecified atom stereocenters. The van der Waals surface area contributed by atoms with Gasteiger partial charge in [-0.2, -0.15) is 0 Å². The fourth-order valence-electron chi connectivity index (χ4n) is 6.61. The normalized spacial score (nSPS) is 25.0. The second-order valence-corrected chi connectivity index (χ2v) is 11.0. The molecule has 0 bridgehead atoms. The third-order valence-electron chi connectivity index (χ3n) is 8.31. The van der Waals surface area contributed by atoms with Gasteiger partial charge in [0.05, 0.1) is 23.6 Å². The van der Waals surface area contributed by atoms with Gasteiger partial charge in [-0.25, -0.2) is 0 Å². The first kappa shape index (κ1) is 28.6. The number of nitrogens with zero attached hydrogens (tertiary/aromatic N) is 1. The Balaban J connectivity index is 1.42. The second kappa shape index (κ2) is 11.9. The van der Waals surface area contributed by atoms with Gasteiger partial charge in [-0.05, 0) is 86.2 Å². The van der Waals surface area contributed by atoms with Crippen molar-refractivity contribution in [1.82, 2.24) is 0 Å². The first-order chi connectivity index (χ1) is 19.2. The number of furan rings is 1. The monoisotopic (exact) mass is 547 g/mol. The van der Waals surface area contributed by atoms with Gasteiger partial charge in [0.15, 0.2) is 0 Å². The molecule has 2 saturated heterocycles. The lowest BCUT2D eigenvalue weighted by molar-refractivity contribution is -0.122. The summed E-state index contributed by atoms with van der Waals surface area (Å²) >= 11 is 0. The number of hydrogen-bond acceptors (Lipinski definition) is 8. The molecule has 4 N–H and O–H groups in total. The zero-order valence-corrected chi connectivity index (χ0v) is 22.8. The van der Waals surface area contributed by atoms with Gasteiger partial charge >= 0.3 is 14.2 Å². The number of benzene rings is 1. The average Bonchev–Trinajstić information content (AvgIpc) is 3.48. The van der Waals surface area contributed by atoms with Gasteiger partial charge in [-0.1, -0.05) is 36.6 Å². The number of hydrogen-bond donors (Lipinski definition) is 4. The van der Waals surface area contributed by atoms with Gasteiger partial charge in [0.2, 0.25) is 11.8 Å². The highest BCUT2D eigenvalue weighted by Gasteiger charge is 2.57. The van der Waals surface area contributed by atoms with E-state index >= 15 is 0 Å². The van der Waals surface area contributed by atoms with E-state index in [0.29, 0.717) is 36.5 Å². The van der Waals surface area contributed by atoms with Gasteiger partial charge in [0.1, 0.15) is 18.1 Å². The molecule has 1 aliphatic carbocycles. The molecular weight excluding hydrogens is 512 g/mol. The topological polar surface area (TPSA) is 141 Å². The van der Waals surface area contributed by atoms with Crippen molar-refractivity contribution in [3.05, 3.63) is 64.6 Å². The number of imide groups is 1. The fraction of sp³-hybridized carbons (Fsp3) is 0.448. The maximum absolute atomic E-state index is 13.9. The predicted molar refractivity (Wildman–Crippen MR) is 151 cm³/mol. The number of amides is 2. The zero-order valence-electron chi connectivity index (χ0n) is 22.8. The smallest absolute Gasteiger partial charge is 0.459 e. The third kappa shape index (κ3) is 5.49. The Morgan fingerprint density at radius 2 is 1.98 bits per heavy atom. The molecule has 5 rings (SSSR count). The van der Waals surface area contributed by atoms with Crippen LogP contribution in [0.25, 0.3) is 6.08 Å². The Hall–Kier alpha value is -2.95. The Morgan fingerprint density at radius 3 is 2.67 bits per heavy atom. The first-order valence-corrected chi connectivity index (χ1v) is 14.0. The summed E-state index contributed by atoms with van der Waals surface area (Å²) in [6, 6.07) is 9.74. The average molecular weight is 547 g/mol. The van der Waals surface area contributed by atoms with E-state index in [1.165, 1.54) is 17.0 Å². The number of carbonyl (C=O) groups excluding carboxylic acids is 2. The number of rotatable bonds is 9. The van der Waals surface area contributed by atoms with E-state index in [-0.39, 0.29) is 42.2 Å². The molecule has 0 spiro atoms. The summed E-state index contributed by atoms with van der Waals surface area (Å²) in [5.74, 6) is -0.910. The van der Waals surface area contributed by atoms with Crippen LogP contribution in [0.15, 0.2) is 57.5 Å². The van der Waals surface area contributed by atoms with E-state index in [1.54, 1.807) is 24.3 Å². The molecule has 2 aromatic rings. The van der Waals surface area contributed by atoms with E-state index in [2.05, 4.69) is 6.92 Å². The molecule has 4 atom stereocenters. The molecule has 210 valence electrons. The van der Waals surface area contributed by atoms with Gasteiger partial charge in [-0.3, -0.25) is 14.5 Å². The molecule has 11 heteroatoms. The van der Waals surface area contributed by atoms with Crippen molar-refractivity contribution in [1.29, 1.82) is 0 Å². The quantitative estimate of drug-likeness (QED) is 0.213. The van der Waals surface area contributed by atoms with Crippen LogP contribution in [-0.4, -0.2) is 52.3 Å². The lowest BCUT2D eigenvalue weighted by Gasteiger charge is -2.43. The number of carbonyl (C=O) groups is 2. The van der Waals surface area contributed by atoms with Gasteiger partial charge in [0.25, 0.3) is 0 Å². The van der Waals surface area contributed by atoms with Crippen LogP contribution in [0.3, 0.4) is 0 Å². The summed E-state index contributed by atoms with van der Waals surface area (Å²) in [6.45, 7) is 3.91. The molecule has 3 heterocycles. The van der Waals surface area contributed by atoms with Gasteiger partial charge < -0.3 is 29.3 Å². The minimum absolute atomic E-state index is 0.161. The first-order valence-electron chi connectivity index (χ1n) is 14.0. The molecule has 9 nitrogen and oxygen atoms in total. The Kier molecular flexibility index (Phi) is 8.49. The lowest BCUT2D eigenvalue weighted by Crippen LogP contribution is -2.46. The zero-order chi connectivity index (χ0) is 28.6. The fourth-order valence-corrected chi connectivity index (χ4v) is 6.61. The second-order valence-electron chi connectivity index (χ2n) is 11.0. The van der Waals surface area contributed by atoms with E-state index < -0.39 is 26.1 Å². The minimum atomic E-state index is -1.71. The molecule has 1 aromatic heterocycles. The summed E-state index contributed by atoms with van der Waals surface area (Å²) in [6.07, 6.45) is 5.19. The van der Waals surface area contributed by atoms with Crippen LogP contribution in [0.1, 0.15) is 57.5 Å². The van der Waals surface area contributed by atoms with Crippen molar-refractivity contribution in [3.8, 4) is 0 Å². The van der Waals surface area contributed by atoms with Crippen LogP contribution in [0, 0.1) is 17.8 Å². The van der Waals surface area contributed by atoms with Crippen LogP contribution in [0.2, 0.25) is 6.32 Å². The van der Waals surface area contributed by atoms with Gasteiger partial charge in [-0.15, -0.1) is 0 Å². The molecule has 40 heavy (non-hydrogen) atoms. The minimum Gasteiger partial charge on any atom is -0.459 e. The van der Waals surface area contributed by atoms with Crippen LogP contribution >= 0.6 is 0 Å². The van der Waals surface area contributed by atoms with Crippen LogP contribution in [0.5, 0.6) is 0 Å². The maximum Gasteiger partial charge on any atom is 0.488 e. The van der Waals surface area contributed by atoms with Crippen molar-refractivity contribution in [2.45, 2.75) is 65.0 Å². The van der Waals surface area contributed by atoms with E-state index in [0.717, 1.165) is 29.6 Å². The SMILES string of the molecule is CCCC1=C2[C@@H](CC/C(C)=C/c3ccc(CO)o3)OB(O)C[C@@H]2[C@@H]2C(=O)N(c3cccc(B(O)O)c3)C(=O)[C@@H]2C1. The largest absolute Gasteiger partial charge is 0.488 e. The Morgan fingerprint density at radius 1 is 1.18 bits per heavy atom. The number of aliphatic hydroxyl groups is 1. The number of aliphatic hydroxyl groups excluding tert-OH is 1. The van der Waals surface area contributed by atoms with Crippen LogP contribution in [0.4, 0.5) is 5.69 Å². The van der Waals surface area contributed by atoms with Crippen LogP contribution in [-0.2, 0) is 20.9 Å². The number of allylic oxidation sites excluding steroid dienone is 2. The van der Waals surface area contributed by atoms with Crippen molar-refractivity contribution in [2.24, 2.45) is 17.8 Å². The summed E-state index contributed by atoms with van der Waals surface area (Å²) in [7, 11) is -2.76. The maximum atomic E-state index is 13.9. The highest BCUT2D eigenvalue weighted by atomic mass is 16.5. The summed E-state index contributed by atoms with van der Waals surface area (Å²) < 4.78 is 11.6. The lowest BCUT2D eigenvalue weighted by atomic mass is 9.58. The number of anilines is 1. The van der Waals surface area contributed by atoms with Gasteiger partial charge in [0, 0.05) is 0 Å². The highest BCUT2D eigenvalue weighted by molar-refractivity contribution is 6.58. The Labute approximate surface area is 234 Å². The standard InChI is InChI=1S/C29H35B2NO8/c1-3-5-18-13-23-27(29(35)32(28(23)34)20-7-4-6-19(14-20)31(37)38)24-15-30(36)40-25(26(18)24)11-8-17(2)12-21-9-10-22(16-33)39-21/h4,6-7,9-10,12,14,23-25,27,33,36-38H,3,5,8,11,13,15-16H2,1-2H3/b17-12+/t23-,24+,25-,27-/m1/s1. The summed E-state index contributed by atoms with van der Waals surface area (Å²) in [5, 5.41) is 39.2. The Bertz CT molecular complexity index is 1330. The number of fused-ring (bicyclic) bond motifs is 3. The molecule has 2 fully saturated rings. The predicted octanol–water partition coefficient (Wildman–Crippen LogP) is 2.44. The van der Waals surface area contributed by atoms with Crippen molar-refractivity contribution in [2.75, 3.05) is 4.90 Å². The molecule has 2 aliphatic heterocycles. The summed E-state index contributed by atoms with van der Waals surface area (Å²) in [5.41, 5.74) is 3.75. The molecule has 1 aromatic carbocycles. The van der Waals surface area contributed by atoms with Crippen molar-refractivity contribution in [3.63, 3.8) is 0 Å². The van der Waals surface area contributed by atoms with E-state index in [9.17, 15) is 29.8 Å². The molecule has 0 saturated carbocycles. The van der Waals surface area contributed by atoms with E-state index in [1.807, 2.05) is 13.0 Å². The molecule has 0 radical (unpaired) electrons. The van der Waals surface area contributed by atoms with E-state index in [4.69, 9.17) is 9.07 Å². The van der Waals surface area contributed by atoms with Crippen molar-refractivity contribution < 1.29 is 38.8 Å².